The van der Waals surface area contributed by atoms with Crippen LogP contribution in [0.25, 0.3) is 0 Å². The van der Waals surface area contributed by atoms with Crippen LogP contribution in [0, 0.1) is 11.3 Å². The highest BCUT2D eigenvalue weighted by atomic mass is 16.2. The number of amides is 2. The van der Waals surface area contributed by atoms with Gasteiger partial charge >= 0.3 is 0 Å². The summed E-state index contributed by atoms with van der Waals surface area (Å²) in [6.45, 7) is 9.75. The Morgan fingerprint density at radius 1 is 1.27 bits per heavy atom. The minimum absolute atomic E-state index is 0.00173. The fourth-order valence-electron chi connectivity index (χ4n) is 3.51. The molecule has 0 fully saturated rings. The first-order valence-electron chi connectivity index (χ1n) is 9.46. The minimum atomic E-state index is -0.435. The van der Waals surface area contributed by atoms with Gasteiger partial charge in [-0.3, -0.25) is 9.59 Å². The predicted molar refractivity (Wildman–Crippen MR) is 104 cm³/mol. The molecular weight excluding hydrogens is 326 g/mol. The number of carbonyl (C=O) groups excluding carboxylic acids is 2. The van der Waals surface area contributed by atoms with Crippen molar-refractivity contribution in [2.45, 2.75) is 53.1 Å². The van der Waals surface area contributed by atoms with E-state index in [9.17, 15) is 9.59 Å². The van der Waals surface area contributed by atoms with E-state index in [1.165, 1.54) is 0 Å². The fourth-order valence-corrected chi connectivity index (χ4v) is 3.51. The Kier molecular flexibility index (Phi) is 6.45. The third kappa shape index (κ3) is 4.85. The molecule has 0 saturated carbocycles. The standard InChI is InChI=1S/C21H33N3O2/c1-15(2)10-19(25)24-12-17-9-7-6-8-16(17)11-18(24)20(26)23(5)14-21(3,4)13-22/h6-9,15,18H,10-14,22H2,1-5H3. The molecule has 1 heterocycles. The zero-order chi connectivity index (χ0) is 19.5. The summed E-state index contributed by atoms with van der Waals surface area (Å²) in [4.78, 5) is 29.5. The minimum Gasteiger partial charge on any atom is -0.343 e. The lowest BCUT2D eigenvalue weighted by atomic mass is 9.90. The largest absolute Gasteiger partial charge is 0.343 e. The van der Waals surface area contributed by atoms with E-state index in [1.807, 2.05) is 39.1 Å². The number of fused-ring (bicyclic) bond motifs is 1. The van der Waals surface area contributed by atoms with E-state index in [1.54, 1.807) is 9.80 Å². The van der Waals surface area contributed by atoms with Crippen LogP contribution >= 0.6 is 0 Å². The van der Waals surface area contributed by atoms with Crippen LogP contribution in [0.4, 0.5) is 0 Å². The SMILES string of the molecule is CC(C)CC(=O)N1Cc2ccccc2CC1C(=O)N(C)CC(C)(C)CN. The quantitative estimate of drug-likeness (QED) is 0.848. The zero-order valence-corrected chi connectivity index (χ0v) is 16.8. The van der Waals surface area contributed by atoms with Crippen LogP contribution in [-0.4, -0.2) is 47.8 Å². The van der Waals surface area contributed by atoms with Gasteiger partial charge in [0.15, 0.2) is 0 Å². The molecule has 1 unspecified atom stereocenters. The van der Waals surface area contributed by atoms with Crippen molar-refractivity contribution in [1.82, 2.24) is 9.80 Å². The normalized spacial score (nSPS) is 17.2. The van der Waals surface area contributed by atoms with E-state index in [-0.39, 0.29) is 23.1 Å². The maximum atomic E-state index is 13.2. The smallest absolute Gasteiger partial charge is 0.245 e. The van der Waals surface area contributed by atoms with Gasteiger partial charge in [0.2, 0.25) is 11.8 Å². The predicted octanol–water partition coefficient (Wildman–Crippen LogP) is 2.43. The van der Waals surface area contributed by atoms with Crippen LogP contribution in [0.2, 0.25) is 0 Å². The van der Waals surface area contributed by atoms with Crippen molar-refractivity contribution < 1.29 is 9.59 Å². The highest BCUT2D eigenvalue weighted by Gasteiger charge is 2.36. The van der Waals surface area contributed by atoms with Crippen LogP contribution in [0.1, 0.15) is 45.2 Å². The summed E-state index contributed by atoms with van der Waals surface area (Å²) in [6.07, 6.45) is 1.04. The molecule has 1 atom stereocenters. The van der Waals surface area contributed by atoms with Gasteiger partial charge in [-0.15, -0.1) is 0 Å². The molecule has 2 amide bonds. The van der Waals surface area contributed by atoms with Crippen molar-refractivity contribution in [2.75, 3.05) is 20.1 Å². The molecule has 1 aromatic carbocycles. The van der Waals surface area contributed by atoms with Crippen molar-refractivity contribution in [2.24, 2.45) is 17.1 Å². The van der Waals surface area contributed by atoms with Crippen molar-refractivity contribution in [3.05, 3.63) is 35.4 Å². The maximum absolute atomic E-state index is 13.2. The Hall–Kier alpha value is -1.88. The number of nitrogens with two attached hydrogens (primary N) is 1. The Morgan fingerprint density at radius 2 is 1.88 bits per heavy atom. The Bertz CT molecular complexity index is 654. The second-order valence-corrected chi connectivity index (χ2v) is 8.67. The molecule has 0 radical (unpaired) electrons. The first-order chi connectivity index (χ1) is 12.1. The molecule has 0 spiro atoms. The van der Waals surface area contributed by atoms with Gasteiger partial charge in [-0.25, -0.2) is 0 Å². The van der Waals surface area contributed by atoms with Crippen LogP contribution in [0.3, 0.4) is 0 Å². The highest BCUT2D eigenvalue weighted by Crippen LogP contribution is 2.26. The Labute approximate surface area is 157 Å². The topological polar surface area (TPSA) is 66.6 Å². The van der Waals surface area contributed by atoms with E-state index in [0.717, 1.165) is 11.1 Å². The maximum Gasteiger partial charge on any atom is 0.245 e. The van der Waals surface area contributed by atoms with E-state index in [2.05, 4.69) is 19.9 Å². The van der Waals surface area contributed by atoms with E-state index >= 15 is 0 Å². The fraction of sp³-hybridized carbons (Fsp3) is 0.619. The average molecular weight is 360 g/mol. The molecule has 5 nitrogen and oxygen atoms in total. The average Bonchev–Trinajstić information content (AvgIpc) is 2.58. The lowest BCUT2D eigenvalue weighted by Gasteiger charge is -2.39. The molecule has 5 heteroatoms. The molecule has 2 rings (SSSR count). The van der Waals surface area contributed by atoms with Crippen LogP contribution in [0.15, 0.2) is 24.3 Å². The second kappa shape index (κ2) is 8.21. The Balaban J connectivity index is 2.26. The number of carbonyl (C=O) groups is 2. The zero-order valence-electron chi connectivity index (χ0n) is 16.8. The Morgan fingerprint density at radius 3 is 2.46 bits per heavy atom. The van der Waals surface area contributed by atoms with Gasteiger partial charge in [0.05, 0.1) is 0 Å². The summed E-state index contributed by atoms with van der Waals surface area (Å²) < 4.78 is 0. The number of rotatable bonds is 6. The summed E-state index contributed by atoms with van der Waals surface area (Å²) >= 11 is 0. The molecule has 1 aliphatic rings. The summed E-state index contributed by atoms with van der Waals surface area (Å²) in [5, 5.41) is 0. The van der Waals surface area contributed by atoms with E-state index in [4.69, 9.17) is 5.73 Å². The molecule has 144 valence electrons. The molecule has 1 aromatic rings. The molecule has 26 heavy (non-hydrogen) atoms. The van der Waals surface area contributed by atoms with Crippen LogP contribution < -0.4 is 5.73 Å². The van der Waals surface area contributed by atoms with Crippen molar-refractivity contribution in [3.8, 4) is 0 Å². The second-order valence-electron chi connectivity index (χ2n) is 8.67. The number of benzene rings is 1. The number of hydrogen-bond acceptors (Lipinski definition) is 3. The van der Waals surface area contributed by atoms with Gasteiger partial charge in [0.25, 0.3) is 0 Å². The summed E-state index contributed by atoms with van der Waals surface area (Å²) in [6, 6.07) is 7.65. The monoisotopic (exact) mass is 359 g/mol. The van der Waals surface area contributed by atoms with E-state index < -0.39 is 6.04 Å². The van der Waals surface area contributed by atoms with Gasteiger partial charge < -0.3 is 15.5 Å². The molecule has 0 saturated heterocycles. The van der Waals surface area contributed by atoms with Gasteiger partial charge in [0, 0.05) is 33.0 Å². The number of nitrogens with zero attached hydrogens (tertiary/aromatic N) is 2. The number of likely N-dealkylation sites (N-methyl/N-ethyl adjacent to an activating group) is 1. The first-order valence-corrected chi connectivity index (χ1v) is 9.46. The summed E-state index contributed by atoms with van der Waals surface area (Å²) in [5.74, 6) is 0.321. The van der Waals surface area contributed by atoms with E-state index in [0.29, 0.717) is 32.5 Å². The third-order valence-corrected chi connectivity index (χ3v) is 5.03. The van der Waals surface area contributed by atoms with Crippen LogP contribution in [-0.2, 0) is 22.6 Å². The highest BCUT2D eigenvalue weighted by molar-refractivity contribution is 5.88. The lowest BCUT2D eigenvalue weighted by Crippen LogP contribution is -2.54. The molecule has 2 N–H and O–H groups in total. The van der Waals surface area contributed by atoms with Gasteiger partial charge in [-0.05, 0) is 29.0 Å². The molecule has 1 aliphatic heterocycles. The molecule has 0 bridgehead atoms. The first kappa shape index (κ1) is 20.4. The molecule has 0 aliphatic carbocycles. The van der Waals surface area contributed by atoms with Gasteiger partial charge in [0.1, 0.15) is 6.04 Å². The molecule has 0 aromatic heterocycles. The summed E-state index contributed by atoms with van der Waals surface area (Å²) in [5.41, 5.74) is 7.97. The van der Waals surface area contributed by atoms with Crippen molar-refractivity contribution in [1.29, 1.82) is 0 Å². The third-order valence-electron chi connectivity index (χ3n) is 5.03. The van der Waals surface area contributed by atoms with Gasteiger partial charge in [-0.2, -0.15) is 0 Å². The van der Waals surface area contributed by atoms with Gasteiger partial charge in [-0.1, -0.05) is 52.0 Å². The summed E-state index contributed by atoms with van der Waals surface area (Å²) in [7, 11) is 1.81. The lowest BCUT2D eigenvalue weighted by molar-refractivity contribution is -0.147. The van der Waals surface area contributed by atoms with Crippen molar-refractivity contribution in [3.63, 3.8) is 0 Å². The van der Waals surface area contributed by atoms with Crippen molar-refractivity contribution >= 4 is 11.8 Å². The molecular formula is C21H33N3O2. The van der Waals surface area contributed by atoms with Crippen LogP contribution in [0.5, 0.6) is 0 Å². The number of hydrogen-bond donors (Lipinski definition) is 1.